The standard InChI is InChI=1S/C15H29N3O2/c1-11-8-17(9-12(2)20-11)10-14-4-6-18(7-5-14)15(19)13(3)16/h11-14H,4-10,16H2,1-3H3. The summed E-state index contributed by atoms with van der Waals surface area (Å²) in [4.78, 5) is 16.3. The van der Waals surface area contributed by atoms with Crippen molar-refractivity contribution in [2.75, 3.05) is 32.7 Å². The molecule has 2 rings (SSSR count). The number of hydrogen-bond acceptors (Lipinski definition) is 4. The Morgan fingerprint density at radius 1 is 1.25 bits per heavy atom. The zero-order valence-electron chi connectivity index (χ0n) is 13.0. The number of ether oxygens (including phenoxy) is 1. The first-order chi connectivity index (χ1) is 9.45. The second kappa shape index (κ2) is 6.87. The topological polar surface area (TPSA) is 58.8 Å². The number of nitrogens with two attached hydrogens (primary N) is 1. The number of carbonyl (C=O) groups is 1. The number of amides is 1. The van der Waals surface area contributed by atoms with E-state index >= 15 is 0 Å². The van der Waals surface area contributed by atoms with Gasteiger partial charge in [0, 0.05) is 32.7 Å². The molecule has 20 heavy (non-hydrogen) atoms. The van der Waals surface area contributed by atoms with E-state index in [0.29, 0.717) is 18.1 Å². The SMILES string of the molecule is CC1CN(CC2CCN(C(=O)C(C)N)CC2)CC(C)O1. The number of hydrogen-bond donors (Lipinski definition) is 1. The molecule has 3 unspecified atom stereocenters. The zero-order valence-corrected chi connectivity index (χ0v) is 13.0. The molecule has 2 heterocycles. The van der Waals surface area contributed by atoms with Gasteiger partial charge in [-0.3, -0.25) is 9.69 Å². The lowest BCUT2D eigenvalue weighted by molar-refractivity contribution is -0.133. The van der Waals surface area contributed by atoms with E-state index < -0.39 is 0 Å². The fourth-order valence-electron chi connectivity index (χ4n) is 3.42. The van der Waals surface area contributed by atoms with Gasteiger partial charge in [0.15, 0.2) is 0 Å². The fraction of sp³-hybridized carbons (Fsp3) is 0.933. The minimum Gasteiger partial charge on any atom is -0.373 e. The van der Waals surface area contributed by atoms with Gasteiger partial charge >= 0.3 is 0 Å². The largest absolute Gasteiger partial charge is 0.373 e. The van der Waals surface area contributed by atoms with Crippen molar-refractivity contribution in [2.45, 2.75) is 51.9 Å². The number of likely N-dealkylation sites (tertiary alicyclic amines) is 1. The molecule has 0 saturated carbocycles. The van der Waals surface area contributed by atoms with E-state index in [4.69, 9.17) is 10.5 Å². The summed E-state index contributed by atoms with van der Waals surface area (Å²) in [6.07, 6.45) is 2.86. The van der Waals surface area contributed by atoms with Crippen molar-refractivity contribution in [3.63, 3.8) is 0 Å². The van der Waals surface area contributed by atoms with Crippen molar-refractivity contribution in [2.24, 2.45) is 11.7 Å². The van der Waals surface area contributed by atoms with Crippen LogP contribution in [0.2, 0.25) is 0 Å². The first-order valence-electron chi connectivity index (χ1n) is 7.88. The molecule has 0 spiro atoms. The lowest BCUT2D eigenvalue weighted by Gasteiger charge is -2.39. The Hall–Kier alpha value is -0.650. The van der Waals surface area contributed by atoms with Gasteiger partial charge in [-0.1, -0.05) is 0 Å². The summed E-state index contributed by atoms with van der Waals surface area (Å²) >= 11 is 0. The molecule has 0 bridgehead atoms. The van der Waals surface area contributed by atoms with Gasteiger partial charge in [0.1, 0.15) is 0 Å². The van der Waals surface area contributed by atoms with Gasteiger partial charge in [-0.15, -0.1) is 0 Å². The van der Waals surface area contributed by atoms with Gasteiger partial charge in [-0.25, -0.2) is 0 Å². The summed E-state index contributed by atoms with van der Waals surface area (Å²) < 4.78 is 5.77. The normalized spacial score (nSPS) is 31.3. The molecule has 2 aliphatic heterocycles. The number of rotatable bonds is 3. The Balaban J connectivity index is 1.75. The predicted octanol–water partition coefficient (Wildman–Crippen LogP) is 0.681. The summed E-state index contributed by atoms with van der Waals surface area (Å²) in [5.74, 6) is 0.793. The van der Waals surface area contributed by atoms with Crippen LogP contribution in [0.4, 0.5) is 0 Å². The molecule has 0 aliphatic carbocycles. The highest BCUT2D eigenvalue weighted by molar-refractivity contribution is 5.81. The monoisotopic (exact) mass is 283 g/mol. The molecule has 2 fully saturated rings. The molecule has 3 atom stereocenters. The minimum absolute atomic E-state index is 0.0945. The molecule has 5 nitrogen and oxygen atoms in total. The number of nitrogens with zero attached hydrogens (tertiary/aromatic N) is 2. The van der Waals surface area contributed by atoms with Crippen molar-refractivity contribution >= 4 is 5.91 Å². The van der Waals surface area contributed by atoms with Crippen molar-refractivity contribution in [3.8, 4) is 0 Å². The zero-order chi connectivity index (χ0) is 14.7. The Bertz CT molecular complexity index is 317. The van der Waals surface area contributed by atoms with Crippen molar-refractivity contribution in [3.05, 3.63) is 0 Å². The van der Waals surface area contributed by atoms with Gasteiger partial charge in [-0.05, 0) is 39.5 Å². The summed E-state index contributed by atoms with van der Waals surface area (Å²) in [5.41, 5.74) is 5.67. The van der Waals surface area contributed by atoms with Gasteiger partial charge in [-0.2, -0.15) is 0 Å². The first kappa shape index (κ1) is 15.7. The fourth-order valence-corrected chi connectivity index (χ4v) is 3.42. The van der Waals surface area contributed by atoms with E-state index in [1.54, 1.807) is 6.92 Å². The lowest BCUT2D eigenvalue weighted by atomic mass is 9.95. The minimum atomic E-state index is -0.368. The van der Waals surface area contributed by atoms with Crippen molar-refractivity contribution in [1.82, 2.24) is 9.80 Å². The average molecular weight is 283 g/mol. The number of morpholine rings is 1. The molecule has 0 aromatic carbocycles. The van der Waals surface area contributed by atoms with Gasteiger partial charge < -0.3 is 15.4 Å². The highest BCUT2D eigenvalue weighted by Crippen LogP contribution is 2.21. The van der Waals surface area contributed by atoms with E-state index in [0.717, 1.165) is 45.6 Å². The van der Waals surface area contributed by atoms with Gasteiger partial charge in [0.25, 0.3) is 0 Å². The molecule has 0 aromatic rings. The Morgan fingerprint density at radius 3 is 2.30 bits per heavy atom. The average Bonchev–Trinajstić information content (AvgIpc) is 2.37. The second-order valence-electron chi connectivity index (χ2n) is 6.53. The molecular formula is C15H29N3O2. The Kier molecular flexibility index (Phi) is 5.41. The van der Waals surface area contributed by atoms with Crippen LogP contribution in [-0.2, 0) is 9.53 Å². The van der Waals surface area contributed by atoms with E-state index in [9.17, 15) is 4.79 Å². The molecule has 0 aromatic heterocycles. The number of carbonyl (C=O) groups excluding carboxylic acids is 1. The van der Waals surface area contributed by atoms with Gasteiger partial charge in [0.2, 0.25) is 5.91 Å². The predicted molar refractivity (Wildman–Crippen MR) is 79.4 cm³/mol. The Morgan fingerprint density at radius 2 is 1.80 bits per heavy atom. The van der Waals surface area contributed by atoms with Crippen LogP contribution < -0.4 is 5.73 Å². The maximum Gasteiger partial charge on any atom is 0.239 e. The van der Waals surface area contributed by atoms with Crippen LogP contribution >= 0.6 is 0 Å². The van der Waals surface area contributed by atoms with Crippen molar-refractivity contribution < 1.29 is 9.53 Å². The van der Waals surface area contributed by atoms with Crippen molar-refractivity contribution in [1.29, 1.82) is 0 Å². The maximum atomic E-state index is 11.9. The van der Waals surface area contributed by atoms with E-state index in [-0.39, 0.29) is 11.9 Å². The first-order valence-corrected chi connectivity index (χ1v) is 7.88. The van der Waals surface area contributed by atoms with Crippen LogP contribution in [0.15, 0.2) is 0 Å². The van der Waals surface area contributed by atoms with Crippen LogP contribution in [-0.4, -0.2) is 66.7 Å². The third-order valence-electron chi connectivity index (χ3n) is 4.33. The highest BCUT2D eigenvalue weighted by atomic mass is 16.5. The summed E-state index contributed by atoms with van der Waals surface area (Å²) in [5, 5.41) is 0. The molecule has 1 amide bonds. The van der Waals surface area contributed by atoms with E-state index in [1.165, 1.54) is 0 Å². The van der Waals surface area contributed by atoms with Crippen LogP contribution in [0.5, 0.6) is 0 Å². The second-order valence-corrected chi connectivity index (χ2v) is 6.53. The summed E-state index contributed by atoms with van der Waals surface area (Å²) in [6, 6.07) is -0.368. The summed E-state index contributed by atoms with van der Waals surface area (Å²) in [6.45, 7) is 11.0. The number of piperidine rings is 1. The van der Waals surface area contributed by atoms with Crippen LogP contribution in [0.25, 0.3) is 0 Å². The summed E-state index contributed by atoms with van der Waals surface area (Å²) in [7, 11) is 0. The molecular weight excluding hydrogens is 254 g/mol. The Labute approximate surface area is 122 Å². The molecule has 5 heteroatoms. The lowest BCUT2D eigenvalue weighted by Crippen LogP contribution is -2.50. The third-order valence-corrected chi connectivity index (χ3v) is 4.33. The molecule has 0 radical (unpaired) electrons. The molecule has 2 saturated heterocycles. The van der Waals surface area contributed by atoms with E-state index in [2.05, 4.69) is 18.7 Å². The van der Waals surface area contributed by atoms with E-state index in [1.807, 2.05) is 4.90 Å². The maximum absolute atomic E-state index is 11.9. The van der Waals surface area contributed by atoms with Crippen LogP contribution in [0, 0.1) is 5.92 Å². The molecule has 2 N–H and O–H groups in total. The molecule has 2 aliphatic rings. The quantitative estimate of drug-likeness (QED) is 0.827. The smallest absolute Gasteiger partial charge is 0.239 e. The van der Waals surface area contributed by atoms with Gasteiger partial charge in [0.05, 0.1) is 18.2 Å². The third kappa shape index (κ3) is 4.17. The molecule has 116 valence electrons. The van der Waals surface area contributed by atoms with Crippen LogP contribution in [0.3, 0.4) is 0 Å². The highest BCUT2D eigenvalue weighted by Gasteiger charge is 2.28. The van der Waals surface area contributed by atoms with Crippen LogP contribution in [0.1, 0.15) is 33.6 Å².